The van der Waals surface area contributed by atoms with Crippen molar-refractivity contribution in [3.05, 3.63) is 70.9 Å². The van der Waals surface area contributed by atoms with Crippen molar-refractivity contribution in [2.75, 3.05) is 26.9 Å². The van der Waals surface area contributed by atoms with Crippen molar-refractivity contribution < 1.29 is 38.7 Å². The molecule has 0 bridgehead atoms. The number of ether oxygens (including phenoxy) is 4. The van der Waals surface area contributed by atoms with Crippen LogP contribution in [0.25, 0.3) is 0 Å². The molecule has 1 heterocycles. The average Bonchev–Trinajstić information content (AvgIpc) is 2.94. The number of aromatic hydroxyl groups is 1. The molecule has 3 rings (SSSR count). The number of esters is 1. The standard InChI is InChI=1S/C29H36N4O8/c1-6-9-20-12-18(13-23(27(20)35)40-8-3)15-30-33-24(34)16-41-21-11-10-19(14-22(21)39-7-2)26-25(28(36)38-5)17(4)31-29(37)32-26/h6,10-15,24,26,33-35H,1,7-9,16H2,2-5H3,(H2,31,32,37)/b30-15-/t24-,26+/m1/s1. The number of urea groups is 1. The molecule has 0 unspecified atom stereocenters. The lowest BCUT2D eigenvalue weighted by Crippen LogP contribution is -2.45. The van der Waals surface area contributed by atoms with Crippen LogP contribution in [-0.2, 0) is 16.0 Å². The topological polar surface area (TPSA) is 160 Å². The average molecular weight is 569 g/mol. The Bertz CT molecular complexity index is 1320. The first kappa shape index (κ1) is 30.8. The predicted octanol–water partition coefficient (Wildman–Crippen LogP) is 3.04. The van der Waals surface area contributed by atoms with E-state index in [0.717, 1.165) is 0 Å². The zero-order valence-electron chi connectivity index (χ0n) is 23.5. The molecular weight excluding hydrogens is 532 g/mol. The Morgan fingerprint density at radius 1 is 1.15 bits per heavy atom. The molecule has 41 heavy (non-hydrogen) atoms. The second-order valence-electron chi connectivity index (χ2n) is 8.87. The van der Waals surface area contributed by atoms with Crippen molar-refractivity contribution in [3.63, 3.8) is 0 Å². The summed E-state index contributed by atoms with van der Waals surface area (Å²) in [6.45, 7) is 9.49. The molecule has 12 nitrogen and oxygen atoms in total. The second-order valence-corrected chi connectivity index (χ2v) is 8.87. The summed E-state index contributed by atoms with van der Waals surface area (Å²) >= 11 is 0. The number of carbonyl (C=O) groups is 2. The Labute approximate surface area is 238 Å². The SMILES string of the molecule is C=CCc1cc(/C=N\N[C@H](O)COc2ccc([C@@H]3NC(=O)NC(C)=C3C(=O)OC)cc2OCC)cc(OCC)c1O. The monoisotopic (exact) mass is 568 g/mol. The quantitative estimate of drug-likeness (QED) is 0.0759. The molecule has 2 atom stereocenters. The van der Waals surface area contributed by atoms with Crippen molar-refractivity contribution in [2.45, 2.75) is 39.5 Å². The minimum atomic E-state index is -1.17. The van der Waals surface area contributed by atoms with Crippen molar-refractivity contribution in [3.8, 4) is 23.0 Å². The summed E-state index contributed by atoms with van der Waals surface area (Å²) in [6, 6.07) is 7.14. The van der Waals surface area contributed by atoms with Crippen LogP contribution >= 0.6 is 0 Å². The molecule has 0 saturated heterocycles. The maximum Gasteiger partial charge on any atom is 0.337 e. The molecule has 1 aliphatic heterocycles. The van der Waals surface area contributed by atoms with Crippen LogP contribution in [0.15, 0.2) is 59.4 Å². The maximum atomic E-state index is 12.4. The summed E-state index contributed by atoms with van der Waals surface area (Å²) in [5.41, 5.74) is 5.11. The van der Waals surface area contributed by atoms with Crippen LogP contribution in [0.4, 0.5) is 4.79 Å². The number of hydrazone groups is 1. The van der Waals surface area contributed by atoms with E-state index >= 15 is 0 Å². The molecule has 1 aliphatic rings. The van der Waals surface area contributed by atoms with Gasteiger partial charge in [0.2, 0.25) is 0 Å². The number of phenols is 1. The fraction of sp³-hybridized carbons (Fsp3) is 0.345. The van der Waals surface area contributed by atoms with Crippen LogP contribution in [0.1, 0.15) is 43.5 Å². The van der Waals surface area contributed by atoms with Gasteiger partial charge in [-0.1, -0.05) is 12.1 Å². The Hall–Kier alpha value is -4.71. The zero-order valence-corrected chi connectivity index (χ0v) is 23.5. The number of amides is 2. The first-order chi connectivity index (χ1) is 19.7. The van der Waals surface area contributed by atoms with Gasteiger partial charge < -0.3 is 39.8 Å². The number of allylic oxidation sites excluding steroid dienone is 2. The maximum absolute atomic E-state index is 12.4. The smallest absolute Gasteiger partial charge is 0.337 e. The summed E-state index contributed by atoms with van der Waals surface area (Å²) in [4.78, 5) is 24.5. The molecule has 2 aromatic carbocycles. The molecule has 220 valence electrons. The van der Waals surface area contributed by atoms with Crippen LogP contribution in [0.5, 0.6) is 23.0 Å². The number of nitrogens with one attached hydrogen (secondary N) is 3. The number of carbonyl (C=O) groups excluding carboxylic acids is 2. The highest BCUT2D eigenvalue weighted by molar-refractivity contribution is 5.95. The largest absolute Gasteiger partial charge is 0.504 e. The van der Waals surface area contributed by atoms with E-state index in [0.29, 0.717) is 59.3 Å². The van der Waals surface area contributed by atoms with E-state index < -0.39 is 24.3 Å². The summed E-state index contributed by atoms with van der Waals surface area (Å²) in [7, 11) is 1.27. The van der Waals surface area contributed by atoms with Gasteiger partial charge in [0.1, 0.15) is 6.61 Å². The van der Waals surface area contributed by atoms with Crippen LogP contribution in [0, 0.1) is 0 Å². The highest BCUT2D eigenvalue weighted by Gasteiger charge is 2.32. The van der Waals surface area contributed by atoms with Gasteiger partial charge in [0, 0.05) is 11.3 Å². The Morgan fingerprint density at radius 3 is 2.56 bits per heavy atom. The number of methoxy groups -OCH3 is 1. The van der Waals surface area contributed by atoms with E-state index in [1.165, 1.54) is 13.3 Å². The molecular formula is C29H36N4O8. The third-order valence-electron chi connectivity index (χ3n) is 5.95. The Balaban J connectivity index is 1.71. The number of benzene rings is 2. The Morgan fingerprint density at radius 2 is 1.88 bits per heavy atom. The van der Waals surface area contributed by atoms with E-state index in [1.54, 1.807) is 50.3 Å². The van der Waals surface area contributed by atoms with Crippen LogP contribution in [0.2, 0.25) is 0 Å². The van der Waals surface area contributed by atoms with Gasteiger partial charge in [-0.25, -0.2) is 9.59 Å². The van der Waals surface area contributed by atoms with Gasteiger partial charge in [0.05, 0.1) is 38.2 Å². The second kappa shape index (κ2) is 14.6. The van der Waals surface area contributed by atoms with E-state index in [-0.39, 0.29) is 17.9 Å². The van der Waals surface area contributed by atoms with Crippen molar-refractivity contribution in [1.82, 2.24) is 16.1 Å². The van der Waals surface area contributed by atoms with Crippen molar-refractivity contribution in [1.29, 1.82) is 0 Å². The molecule has 0 fully saturated rings. The first-order valence-electron chi connectivity index (χ1n) is 13.0. The molecule has 0 spiro atoms. The summed E-state index contributed by atoms with van der Waals surface area (Å²) in [5, 5.41) is 30.1. The molecule has 0 aromatic heterocycles. The van der Waals surface area contributed by atoms with Crippen molar-refractivity contribution >= 4 is 18.2 Å². The third-order valence-corrected chi connectivity index (χ3v) is 5.95. The van der Waals surface area contributed by atoms with Gasteiger partial charge in [0.25, 0.3) is 0 Å². The van der Waals surface area contributed by atoms with E-state index in [2.05, 4.69) is 27.7 Å². The third kappa shape index (κ3) is 7.92. The molecule has 0 saturated carbocycles. The van der Waals surface area contributed by atoms with E-state index in [4.69, 9.17) is 18.9 Å². The molecule has 0 aliphatic carbocycles. The fourth-order valence-electron chi connectivity index (χ4n) is 4.16. The van der Waals surface area contributed by atoms with E-state index in [1.807, 2.05) is 6.92 Å². The van der Waals surface area contributed by atoms with Crippen LogP contribution < -0.4 is 30.3 Å². The number of rotatable bonds is 14. The van der Waals surface area contributed by atoms with Crippen LogP contribution in [-0.4, -0.2) is 61.6 Å². The van der Waals surface area contributed by atoms with Gasteiger partial charge in [-0.3, -0.25) is 5.43 Å². The number of nitrogens with zero attached hydrogens (tertiary/aromatic N) is 1. The van der Waals surface area contributed by atoms with E-state index in [9.17, 15) is 19.8 Å². The number of aliphatic hydroxyl groups is 1. The van der Waals surface area contributed by atoms with Gasteiger partial charge in [-0.05, 0) is 62.6 Å². The van der Waals surface area contributed by atoms with Gasteiger partial charge in [0.15, 0.2) is 29.2 Å². The zero-order chi connectivity index (χ0) is 29.9. The minimum absolute atomic E-state index is 0.0524. The predicted molar refractivity (Wildman–Crippen MR) is 152 cm³/mol. The normalized spacial score (nSPS) is 15.5. The van der Waals surface area contributed by atoms with Gasteiger partial charge in [-0.2, -0.15) is 5.10 Å². The highest BCUT2D eigenvalue weighted by Crippen LogP contribution is 2.35. The Kier molecular flexibility index (Phi) is 11.0. The highest BCUT2D eigenvalue weighted by atomic mass is 16.5. The lowest BCUT2D eigenvalue weighted by Gasteiger charge is -2.28. The summed E-state index contributed by atoms with van der Waals surface area (Å²) < 4.78 is 21.9. The molecule has 12 heteroatoms. The minimum Gasteiger partial charge on any atom is -0.504 e. The first-order valence-corrected chi connectivity index (χ1v) is 13.0. The van der Waals surface area contributed by atoms with Gasteiger partial charge >= 0.3 is 12.0 Å². The molecule has 5 N–H and O–H groups in total. The number of hydrogen-bond acceptors (Lipinski definition) is 10. The lowest BCUT2D eigenvalue weighted by atomic mass is 9.95. The summed E-state index contributed by atoms with van der Waals surface area (Å²) in [5.74, 6) is 0.508. The number of phenolic OH excluding ortho intramolecular Hbond substituents is 1. The van der Waals surface area contributed by atoms with Crippen molar-refractivity contribution in [2.24, 2.45) is 5.10 Å². The number of hydrogen-bond donors (Lipinski definition) is 5. The molecule has 2 amide bonds. The summed E-state index contributed by atoms with van der Waals surface area (Å²) in [6.07, 6.45) is 2.44. The molecule has 0 radical (unpaired) electrons. The van der Waals surface area contributed by atoms with Crippen LogP contribution in [0.3, 0.4) is 0 Å². The lowest BCUT2D eigenvalue weighted by molar-refractivity contribution is -0.136. The fourth-order valence-corrected chi connectivity index (χ4v) is 4.16. The van der Waals surface area contributed by atoms with Gasteiger partial charge in [-0.15, -0.1) is 6.58 Å². The molecule has 2 aromatic rings. The number of aliphatic hydroxyl groups excluding tert-OH is 1.